The Bertz CT molecular complexity index is 839. The number of hydrogen-bond donors (Lipinski definition) is 2. The molecule has 4 nitrogen and oxygen atoms in total. The van der Waals surface area contributed by atoms with Gasteiger partial charge in [0.15, 0.2) is 0 Å². The van der Waals surface area contributed by atoms with Crippen LogP contribution in [0.4, 0.5) is 4.39 Å². The molecule has 2 N–H and O–H groups in total. The number of halogens is 1. The van der Waals surface area contributed by atoms with Crippen LogP contribution < -0.4 is 5.32 Å². The van der Waals surface area contributed by atoms with Gasteiger partial charge < -0.3 is 10.3 Å². The molecule has 0 unspecified atom stereocenters. The van der Waals surface area contributed by atoms with Gasteiger partial charge in [-0.15, -0.1) is 0 Å². The molecular weight excluding hydrogens is 305 g/mol. The van der Waals surface area contributed by atoms with Gasteiger partial charge in [0.1, 0.15) is 11.9 Å². The molecule has 124 valence electrons. The first-order valence-corrected chi connectivity index (χ1v) is 7.80. The lowest BCUT2D eigenvalue weighted by Crippen LogP contribution is -2.36. The standard InChI is InChI=1S/C19H20FN3O/c1-23(2)18(15-5-7-16(20)8-6-15)19(24)22-12-13-3-4-14-9-10-21-17(14)11-13/h3-11,18,21H,12H2,1-2H3,(H,22,24)/t18-/m0/s1. The Kier molecular flexibility index (Phi) is 4.62. The van der Waals surface area contributed by atoms with Gasteiger partial charge in [0.05, 0.1) is 0 Å². The van der Waals surface area contributed by atoms with E-state index in [9.17, 15) is 9.18 Å². The number of carbonyl (C=O) groups is 1. The third-order valence-electron chi connectivity index (χ3n) is 4.04. The van der Waals surface area contributed by atoms with E-state index < -0.39 is 6.04 Å². The fraction of sp³-hybridized carbons (Fsp3) is 0.211. The quantitative estimate of drug-likeness (QED) is 0.757. The molecule has 0 bridgehead atoms. The van der Waals surface area contributed by atoms with Crippen molar-refractivity contribution in [1.82, 2.24) is 15.2 Å². The minimum Gasteiger partial charge on any atom is -0.361 e. The maximum atomic E-state index is 13.1. The van der Waals surface area contributed by atoms with Gasteiger partial charge in [-0.3, -0.25) is 9.69 Å². The summed E-state index contributed by atoms with van der Waals surface area (Å²) >= 11 is 0. The lowest BCUT2D eigenvalue weighted by Gasteiger charge is -2.24. The van der Waals surface area contributed by atoms with E-state index >= 15 is 0 Å². The number of benzene rings is 2. The van der Waals surface area contributed by atoms with E-state index in [-0.39, 0.29) is 11.7 Å². The van der Waals surface area contributed by atoms with Crippen LogP contribution in [0, 0.1) is 5.82 Å². The lowest BCUT2D eigenvalue weighted by atomic mass is 10.0. The molecule has 3 aromatic rings. The average molecular weight is 325 g/mol. The molecule has 5 heteroatoms. The van der Waals surface area contributed by atoms with Gasteiger partial charge in [-0.25, -0.2) is 4.39 Å². The van der Waals surface area contributed by atoms with E-state index in [1.165, 1.54) is 12.1 Å². The van der Waals surface area contributed by atoms with Crippen molar-refractivity contribution in [3.8, 4) is 0 Å². The zero-order valence-corrected chi connectivity index (χ0v) is 13.7. The van der Waals surface area contributed by atoms with Crippen LogP contribution in [0.2, 0.25) is 0 Å². The number of rotatable bonds is 5. The molecular formula is C19H20FN3O. The highest BCUT2D eigenvalue weighted by Crippen LogP contribution is 2.19. The monoisotopic (exact) mass is 325 g/mol. The number of carbonyl (C=O) groups excluding carboxylic acids is 1. The molecule has 0 spiro atoms. The third-order valence-corrected chi connectivity index (χ3v) is 4.04. The number of H-pyrrole nitrogens is 1. The largest absolute Gasteiger partial charge is 0.361 e. The van der Waals surface area contributed by atoms with E-state index in [0.29, 0.717) is 6.54 Å². The van der Waals surface area contributed by atoms with E-state index in [1.807, 2.05) is 49.5 Å². The Morgan fingerprint density at radius 1 is 1.17 bits per heavy atom. The predicted octanol–water partition coefficient (Wildman–Crippen LogP) is 3.23. The summed E-state index contributed by atoms with van der Waals surface area (Å²) in [6, 6.07) is 13.6. The first kappa shape index (κ1) is 16.2. The normalized spacial score (nSPS) is 12.5. The fourth-order valence-corrected chi connectivity index (χ4v) is 2.82. The van der Waals surface area contributed by atoms with Gasteiger partial charge in [0.2, 0.25) is 5.91 Å². The van der Waals surface area contributed by atoms with Crippen molar-refractivity contribution < 1.29 is 9.18 Å². The maximum Gasteiger partial charge on any atom is 0.242 e. The van der Waals surface area contributed by atoms with E-state index in [4.69, 9.17) is 0 Å². The van der Waals surface area contributed by atoms with Crippen LogP contribution in [0.15, 0.2) is 54.7 Å². The van der Waals surface area contributed by atoms with Gasteiger partial charge in [0, 0.05) is 18.3 Å². The molecule has 24 heavy (non-hydrogen) atoms. The van der Waals surface area contributed by atoms with Gasteiger partial charge >= 0.3 is 0 Å². The SMILES string of the molecule is CN(C)[C@H](C(=O)NCc1ccc2cc[nH]c2c1)c1ccc(F)cc1. The van der Waals surface area contributed by atoms with Gasteiger partial charge in [-0.05, 0) is 54.9 Å². The number of fused-ring (bicyclic) bond motifs is 1. The van der Waals surface area contributed by atoms with Gasteiger partial charge in [0.25, 0.3) is 0 Å². The van der Waals surface area contributed by atoms with Crippen LogP contribution in [-0.2, 0) is 11.3 Å². The summed E-state index contributed by atoms with van der Waals surface area (Å²) in [7, 11) is 3.66. The summed E-state index contributed by atoms with van der Waals surface area (Å²) in [6.07, 6.45) is 1.89. The minimum atomic E-state index is -0.459. The average Bonchev–Trinajstić information content (AvgIpc) is 3.02. The Morgan fingerprint density at radius 2 is 1.92 bits per heavy atom. The summed E-state index contributed by atoms with van der Waals surface area (Å²) < 4.78 is 13.1. The molecule has 0 radical (unpaired) electrons. The molecule has 0 saturated heterocycles. The lowest BCUT2D eigenvalue weighted by molar-refractivity contribution is -0.125. The van der Waals surface area contributed by atoms with Crippen LogP contribution in [0.3, 0.4) is 0 Å². The highest BCUT2D eigenvalue weighted by Gasteiger charge is 2.22. The van der Waals surface area contributed by atoms with Crippen molar-refractivity contribution in [2.24, 2.45) is 0 Å². The second kappa shape index (κ2) is 6.84. The van der Waals surface area contributed by atoms with Crippen LogP contribution in [-0.4, -0.2) is 29.9 Å². The van der Waals surface area contributed by atoms with Crippen molar-refractivity contribution in [2.45, 2.75) is 12.6 Å². The van der Waals surface area contributed by atoms with E-state index in [1.54, 1.807) is 12.1 Å². The number of nitrogens with zero attached hydrogens (tertiary/aromatic N) is 1. The molecule has 1 heterocycles. The first-order chi connectivity index (χ1) is 11.5. The number of likely N-dealkylation sites (N-methyl/N-ethyl adjacent to an activating group) is 1. The number of nitrogens with one attached hydrogen (secondary N) is 2. The molecule has 1 aromatic heterocycles. The molecule has 0 fully saturated rings. The first-order valence-electron chi connectivity index (χ1n) is 7.80. The van der Waals surface area contributed by atoms with Crippen LogP contribution in [0.1, 0.15) is 17.2 Å². The Balaban J connectivity index is 1.72. The second-order valence-corrected chi connectivity index (χ2v) is 6.03. The van der Waals surface area contributed by atoms with Gasteiger partial charge in [-0.2, -0.15) is 0 Å². The molecule has 0 aliphatic carbocycles. The summed E-state index contributed by atoms with van der Waals surface area (Å²) in [5.74, 6) is -0.422. The highest BCUT2D eigenvalue weighted by atomic mass is 19.1. The third kappa shape index (κ3) is 3.46. The van der Waals surface area contributed by atoms with Crippen molar-refractivity contribution >= 4 is 16.8 Å². The number of amides is 1. The molecule has 0 aliphatic heterocycles. The Morgan fingerprint density at radius 3 is 2.62 bits per heavy atom. The summed E-state index contributed by atoms with van der Waals surface area (Å²) in [5.41, 5.74) is 2.83. The Hall–Kier alpha value is -2.66. The second-order valence-electron chi connectivity index (χ2n) is 6.03. The summed E-state index contributed by atoms with van der Waals surface area (Å²) in [5, 5.41) is 4.10. The number of hydrogen-bond acceptors (Lipinski definition) is 2. The van der Waals surface area contributed by atoms with Gasteiger partial charge in [-0.1, -0.05) is 24.3 Å². The topological polar surface area (TPSA) is 48.1 Å². The van der Waals surface area contributed by atoms with Crippen molar-refractivity contribution in [3.05, 3.63) is 71.7 Å². The molecule has 0 saturated carbocycles. The van der Waals surface area contributed by atoms with Crippen LogP contribution in [0.5, 0.6) is 0 Å². The van der Waals surface area contributed by atoms with Crippen molar-refractivity contribution in [3.63, 3.8) is 0 Å². The minimum absolute atomic E-state index is 0.113. The molecule has 3 rings (SSSR count). The fourth-order valence-electron chi connectivity index (χ4n) is 2.82. The molecule has 0 aliphatic rings. The van der Waals surface area contributed by atoms with Crippen LogP contribution >= 0.6 is 0 Å². The van der Waals surface area contributed by atoms with E-state index in [2.05, 4.69) is 10.3 Å². The zero-order chi connectivity index (χ0) is 17.1. The van der Waals surface area contributed by atoms with Crippen molar-refractivity contribution in [1.29, 1.82) is 0 Å². The van der Waals surface area contributed by atoms with Crippen molar-refractivity contribution in [2.75, 3.05) is 14.1 Å². The molecule has 1 amide bonds. The van der Waals surface area contributed by atoms with Crippen LogP contribution in [0.25, 0.3) is 10.9 Å². The molecule has 2 aromatic carbocycles. The number of aromatic amines is 1. The molecule has 1 atom stereocenters. The smallest absolute Gasteiger partial charge is 0.242 e. The highest BCUT2D eigenvalue weighted by molar-refractivity contribution is 5.83. The summed E-state index contributed by atoms with van der Waals surface area (Å²) in [6.45, 7) is 0.444. The van der Waals surface area contributed by atoms with E-state index in [0.717, 1.165) is 22.0 Å². The predicted molar refractivity (Wildman–Crippen MR) is 93.0 cm³/mol. The Labute approximate surface area is 140 Å². The number of aromatic nitrogens is 1. The zero-order valence-electron chi connectivity index (χ0n) is 13.7. The summed E-state index contributed by atoms with van der Waals surface area (Å²) in [4.78, 5) is 17.6. The maximum absolute atomic E-state index is 13.1.